The smallest absolute Gasteiger partial charge is 0.243 e. The van der Waals surface area contributed by atoms with Gasteiger partial charge in [0, 0.05) is 38.7 Å². The van der Waals surface area contributed by atoms with Crippen molar-refractivity contribution in [2.45, 2.75) is 11.4 Å². The molecule has 0 atom stereocenters. The van der Waals surface area contributed by atoms with Gasteiger partial charge in [0.25, 0.3) is 0 Å². The molecule has 0 aliphatic carbocycles. The van der Waals surface area contributed by atoms with Crippen molar-refractivity contribution in [1.29, 1.82) is 0 Å². The molecule has 0 fully saturated rings. The predicted octanol–water partition coefficient (Wildman–Crippen LogP) is 1.94. The number of hydrogen-bond acceptors (Lipinski definition) is 4. The van der Waals surface area contributed by atoms with Gasteiger partial charge in [0.05, 0.1) is 4.90 Å². The van der Waals surface area contributed by atoms with Crippen molar-refractivity contribution in [3.63, 3.8) is 0 Å². The van der Waals surface area contributed by atoms with Crippen LogP contribution in [0.5, 0.6) is 0 Å². The molecule has 6 heteroatoms. The second-order valence-electron chi connectivity index (χ2n) is 4.39. The minimum absolute atomic E-state index is 0.285. The van der Waals surface area contributed by atoms with Crippen LogP contribution in [0.4, 0.5) is 5.69 Å². The van der Waals surface area contributed by atoms with Crippen LogP contribution in [-0.4, -0.2) is 31.8 Å². The quantitative estimate of drug-likeness (QED) is 0.914. The summed E-state index contributed by atoms with van der Waals surface area (Å²) in [7, 11) is -0.115. The Morgan fingerprint density at radius 1 is 1.10 bits per heavy atom. The monoisotopic (exact) mass is 291 g/mol. The average molecular weight is 291 g/mol. The maximum absolute atomic E-state index is 12.4. The van der Waals surface area contributed by atoms with Crippen molar-refractivity contribution in [2.24, 2.45) is 0 Å². The molecule has 0 aliphatic rings. The number of hydrogen-bond donors (Lipinski definition) is 1. The molecular formula is C14H17N3O2S. The molecule has 2 aromatic rings. The highest BCUT2D eigenvalue weighted by atomic mass is 32.2. The number of nitrogens with one attached hydrogen (secondary N) is 1. The number of pyridine rings is 1. The fraction of sp³-hybridized carbons (Fsp3) is 0.214. The molecule has 20 heavy (non-hydrogen) atoms. The van der Waals surface area contributed by atoms with Gasteiger partial charge in [-0.25, -0.2) is 8.42 Å². The molecule has 0 bridgehead atoms. The van der Waals surface area contributed by atoms with E-state index in [1.54, 1.807) is 62.9 Å². The molecule has 1 aromatic heterocycles. The summed E-state index contributed by atoms with van der Waals surface area (Å²) in [5.74, 6) is 0. The highest BCUT2D eigenvalue weighted by molar-refractivity contribution is 7.89. The second-order valence-corrected chi connectivity index (χ2v) is 6.44. The van der Waals surface area contributed by atoms with Crippen LogP contribution in [0.1, 0.15) is 5.56 Å². The summed E-state index contributed by atoms with van der Waals surface area (Å²) in [5.41, 5.74) is 1.78. The molecular weight excluding hydrogens is 274 g/mol. The zero-order valence-corrected chi connectivity index (χ0v) is 12.3. The average Bonchev–Trinajstić information content (AvgIpc) is 2.48. The molecule has 1 N–H and O–H groups in total. The number of rotatable bonds is 5. The third kappa shape index (κ3) is 3.15. The van der Waals surface area contributed by atoms with E-state index in [9.17, 15) is 8.42 Å². The highest BCUT2D eigenvalue weighted by Gasteiger charge is 2.20. The summed E-state index contributed by atoms with van der Waals surface area (Å²) >= 11 is 0. The zero-order valence-electron chi connectivity index (χ0n) is 11.4. The van der Waals surface area contributed by atoms with Gasteiger partial charge in [0.1, 0.15) is 0 Å². The lowest BCUT2D eigenvalue weighted by Gasteiger charge is -2.17. The molecule has 1 aromatic carbocycles. The van der Waals surface area contributed by atoms with Crippen LogP contribution in [0.2, 0.25) is 0 Å². The van der Waals surface area contributed by atoms with Crippen molar-refractivity contribution in [2.75, 3.05) is 19.4 Å². The predicted molar refractivity (Wildman–Crippen MR) is 78.9 cm³/mol. The number of benzene rings is 1. The van der Waals surface area contributed by atoms with Gasteiger partial charge in [-0.3, -0.25) is 4.98 Å². The summed E-state index contributed by atoms with van der Waals surface area (Å²) in [5, 5.41) is 2.96. The van der Waals surface area contributed by atoms with Crippen molar-refractivity contribution < 1.29 is 8.42 Å². The van der Waals surface area contributed by atoms with Crippen LogP contribution < -0.4 is 5.32 Å². The Bertz CT molecular complexity index is 655. The van der Waals surface area contributed by atoms with E-state index < -0.39 is 10.0 Å². The van der Waals surface area contributed by atoms with E-state index in [4.69, 9.17) is 0 Å². The maximum atomic E-state index is 12.4. The minimum atomic E-state index is -3.48. The lowest BCUT2D eigenvalue weighted by molar-refractivity contribution is 0.466. The van der Waals surface area contributed by atoms with E-state index >= 15 is 0 Å². The minimum Gasteiger partial charge on any atom is -0.388 e. The Labute approximate surface area is 119 Å². The van der Waals surface area contributed by atoms with E-state index in [0.29, 0.717) is 6.54 Å². The summed E-state index contributed by atoms with van der Waals surface area (Å²) in [6, 6.07) is 10.3. The van der Waals surface area contributed by atoms with Crippen molar-refractivity contribution in [1.82, 2.24) is 9.29 Å². The molecule has 0 spiro atoms. The molecule has 2 rings (SSSR count). The first-order chi connectivity index (χ1) is 9.54. The molecule has 1 heterocycles. The lowest BCUT2D eigenvalue weighted by atomic mass is 10.3. The number of sulfonamides is 1. The summed E-state index contributed by atoms with van der Waals surface area (Å²) < 4.78 is 26.2. The first-order valence-corrected chi connectivity index (χ1v) is 7.61. The Kier molecular flexibility index (Phi) is 4.36. The first kappa shape index (κ1) is 14.5. The zero-order chi connectivity index (χ0) is 14.6. The highest BCUT2D eigenvalue weighted by Crippen LogP contribution is 2.18. The number of aromatic nitrogens is 1. The van der Waals surface area contributed by atoms with Gasteiger partial charge in [-0.1, -0.05) is 0 Å². The molecule has 0 saturated heterocycles. The van der Waals surface area contributed by atoms with E-state index in [1.807, 2.05) is 0 Å². The standard InChI is InChI=1S/C14H17N3O2S/c1-15-13-3-5-14(6-4-13)20(18,19)17(2)11-12-7-9-16-10-8-12/h3-10,15H,11H2,1-2H3. The van der Waals surface area contributed by atoms with Gasteiger partial charge < -0.3 is 5.32 Å². The maximum Gasteiger partial charge on any atom is 0.243 e. The summed E-state index contributed by atoms with van der Waals surface area (Å²) in [6.07, 6.45) is 3.30. The SMILES string of the molecule is CNc1ccc(S(=O)(=O)N(C)Cc2ccncc2)cc1. The van der Waals surface area contributed by atoms with Gasteiger partial charge in [-0.2, -0.15) is 4.31 Å². The third-order valence-electron chi connectivity index (χ3n) is 3.01. The van der Waals surface area contributed by atoms with Gasteiger partial charge in [0.2, 0.25) is 10.0 Å². The number of nitrogens with zero attached hydrogens (tertiary/aromatic N) is 2. The molecule has 0 unspecified atom stereocenters. The second kappa shape index (κ2) is 6.02. The summed E-state index contributed by atoms with van der Waals surface area (Å²) in [6.45, 7) is 0.318. The number of anilines is 1. The summed E-state index contributed by atoms with van der Waals surface area (Å²) in [4.78, 5) is 4.20. The lowest BCUT2D eigenvalue weighted by Crippen LogP contribution is -2.26. The van der Waals surface area contributed by atoms with Crippen LogP contribution in [0.25, 0.3) is 0 Å². The normalized spacial score (nSPS) is 11.6. The van der Waals surface area contributed by atoms with Crippen LogP contribution in [-0.2, 0) is 16.6 Å². The van der Waals surface area contributed by atoms with E-state index in [-0.39, 0.29) is 4.90 Å². The fourth-order valence-corrected chi connectivity index (χ4v) is 2.96. The Balaban J connectivity index is 2.20. The topological polar surface area (TPSA) is 62.3 Å². The van der Waals surface area contributed by atoms with Crippen LogP contribution in [0.3, 0.4) is 0 Å². The molecule has 0 radical (unpaired) electrons. The van der Waals surface area contributed by atoms with Crippen LogP contribution in [0, 0.1) is 0 Å². The van der Waals surface area contributed by atoms with Crippen molar-refractivity contribution in [3.05, 3.63) is 54.4 Å². The Morgan fingerprint density at radius 2 is 1.70 bits per heavy atom. The first-order valence-electron chi connectivity index (χ1n) is 6.17. The van der Waals surface area contributed by atoms with Crippen molar-refractivity contribution in [3.8, 4) is 0 Å². The largest absolute Gasteiger partial charge is 0.388 e. The van der Waals surface area contributed by atoms with Gasteiger partial charge in [0.15, 0.2) is 0 Å². The van der Waals surface area contributed by atoms with E-state index in [1.165, 1.54) is 4.31 Å². The van der Waals surface area contributed by atoms with E-state index in [0.717, 1.165) is 11.3 Å². The van der Waals surface area contributed by atoms with Crippen LogP contribution in [0.15, 0.2) is 53.7 Å². The molecule has 106 valence electrons. The molecule has 0 amide bonds. The van der Waals surface area contributed by atoms with Crippen LogP contribution >= 0.6 is 0 Å². The Morgan fingerprint density at radius 3 is 2.25 bits per heavy atom. The molecule has 0 aliphatic heterocycles. The molecule has 5 nitrogen and oxygen atoms in total. The van der Waals surface area contributed by atoms with E-state index in [2.05, 4.69) is 10.3 Å². The van der Waals surface area contributed by atoms with Gasteiger partial charge in [-0.15, -0.1) is 0 Å². The van der Waals surface area contributed by atoms with Crippen molar-refractivity contribution >= 4 is 15.7 Å². The fourth-order valence-electron chi connectivity index (χ4n) is 1.80. The third-order valence-corrected chi connectivity index (χ3v) is 4.82. The molecule has 0 saturated carbocycles. The van der Waals surface area contributed by atoms with Gasteiger partial charge in [-0.05, 0) is 42.0 Å². The Hall–Kier alpha value is -1.92. The van der Waals surface area contributed by atoms with Gasteiger partial charge >= 0.3 is 0 Å².